The summed E-state index contributed by atoms with van der Waals surface area (Å²) in [5.74, 6) is 0. The van der Waals surface area contributed by atoms with Gasteiger partial charge in [0.2, 0.25) is 0 Å². The molecule has 0 bridgehead atoms. The van der Waals surface area contributed by atoms with Crippen molar-refractivity contribution in [2.75, 3.05) is 32.7 Å². The molecule has 1 rings (SSSR count). The number of hydrogen-bond acceptors (Lipinski definition) is 3. The molecule has 0 amide bonds. The van der Waals surface area contributed by atoms with Crippen LogP contribution >= 0.6 is 0 Å². The van der Waals surface area contributed by atoms with Gasteiger partial charge < -0.3 is 10.4 Å². The third kappa shape index (κ3) is 3.52. The van der Waals surface area contributed by atoms with E-state index in [4.69, 9.17) is 0 Å². The van der Waals surface area contributed by atoms with Gasteiger partial charge in [-0.2, -0.15) is 0 Å². The topological polar surface area (TPSA) is 35.5 Å². The summed E-state index contributed by atoms with van der Waals surface area (Å²) >= 11 is 0. The Bertz CT molecular complexity index is 119. The van der Waals surface area contributed by atoms with Gasteiger partial charge in [-0.05, 0) is 19.4 Å². The third-order valence-electron chi connectivity index (χ3n) is 2.28. The first-order valence-electron chi connectivity index (χ1n) is 4.94. The maximum atomic E-state index is 9.24. The fourth-order valence-electron chi connectivity index (χ4n) is 1.55. The quantitative estimate of drug-likeness (QED) is 0.575. The van der Waals surface area contributed by atoms with Gasteiger partial charge in [-0.25, -0.2) is 0 Å². The van der Waals surface area contributed by atoms with Crippen LogP contribution in [0.1, 0.15) is 19.8 Å². The van der Waals surface area contributed by atoms with Crippen molar-refractivity contribution in [1.29, 1.82) is 0 Å². The Morgan fingerprint density at radius 3 is 2.92 bits per heavy atom. The van der Waals surface area contributed by atoms with Gasteiger partial charge in [0.05, 0.1) is 6.10 Å². The molecule has 2 N–H and O–H groups in total. The van der Waals surface area contributed by atoms with Crippen molar-refractivity contribution in [3.8, 4) is 0 Å². The first kappa shape index (κ1) is 9.96. The zero-order chi connectivity index (χ0) is 8.81. The summed E-state index contributed by atoms with van der Waals surface area (Å²) in [5, 5.41) is 12.6. The van der Waals surface area contributed by atoms with Gasteiger partial charge in [-0.15, -0.1) is 0 Å². The van der Waals surface area contributed by atoms with E-state index in [0.29, 0.717) is 0 Å². The number of rotatable bonds is 5. The van der Waals surface area contributed by atoms with Crippen LogP contribution in [0.3, 0.4) is 0 Å². The Balaban J connectivity index is 1.93. The number of nitrogens with zero attached hydrogens (tertiary/aromatic N) is 1. The van der Waals surface area contributed by atoms with Crippen molar-refractivity contribution in [3.05, 3.63) is 0 Å². The van der Waals surface area contributed by atoms with Crippen molar-refractivity contribution in [2.24, 2.45) is 0 Å². The minimum Gasteiger partial charge on any atom is -0.392 e. The molecule has 1 fully saturated rings. The Morgan fingerprint density at radius 2 is 2.33 bits per heavy atom. The predicted octanol–water partition coefficient (Wildman–Crippen LogP) is 0.0526. The summed E-state index contributed by atoms with van der Waals surface area (Å²) < 4.78 is 0. The molecule has 0 aromatic carbocycles. The Labute approximate surface area is 74.8 Å². The molecule has 1 unspecified atom stereocenters. The highest BCUT2D eigenvalue weighted by atomic mass is 16.3. The van der Waals surface area contributed by atoms with E-state index in [-0.39, 0.29) is 6.10 Å². The van der Waals surface area contributed by atoms with Crippen LogP contribution in [0.5, 0.6) is 0 Å². The number of nitrogens with one attached hydrogen (secondary N) is 1. The average molecular weight is 172 g/mol. The van der Waals surface area contributed by atoms with Gasteiger partial charge in [0, 0.05) is 26.2 Å². The summed E-state index contributed by atoms with van der Waals surface area (Å²) in [6.07, 6.45) is 2.08. The second kappa shape index (κ2) is 5.51. The molecule has 0 spiro atoms. The van der Waals surface area contributed by atoms with Crippen LogP contribution in [0.4, 0.5) is 0 Å². The molecule has 0 aliphatic carbocycles. The number of aliphatic hydroxyl groups excluding tert-OH is 1. The third-order valence-corrected chi connectivity index (χ3v) is 2.28. The van der Waals surface area contributed by atoms with Gasteiger partial charge in [-0.3, -0.25) is 4.90 Å². The van der Waals surface area contributed by atoms with E-state index in [2.05, 4.69) is 17.1 Å². The van der Waals surface area contributed by atoms with Crippen molar-refractivity contribution in [2.45, 2.75) is 25.9 Å². The fraction of sp³-hybridized carbons (Fsp3) is 1.00. The van der Waals surface area contributed by atoms with Crippen LogP contribution < -0.4 is 5.32 Å². The molecule has 3 heteroatoms. The number of β-amino-alcohol motifs (C(OH)–C–C–N with tert-alkyl or cyclic N) is 1. The molecule has 1 saturated heterocycles. The van der Waals surface area contributed by atoms with Gasteiger partial charge in [0.15, 0.2) is 0 Å². The average Bonchev–Trinajstić information content (AvgIpc) is 2.45. The largest absolute Gasteiger partial charge is 0.392 e. The van der Waals surface area contributed by atoms with E-state index in [1.54, 1.807) is 0 Å². The standard InChI is InChI=1S/C9H20N2O/c1-2-4-10-5-7-11-6-3-9(12)8-11/h9-10,12H,2-8H2,1H3. The zero-order valence-corrected chi connectivity index (χ0v) is 7.92. The zero-order valence-electron chi connectivity index (χ0n) is 7.92. The van der Waals surface area contributed by atoms with Crippen LogP contribution in [0.25, 0.3) is 0 Å². The fourth-order valence-corrected chi connectivity index (χ4v) is 1.55. The monoisotopic (exact) mass is 172 g/mol. The lowest BCUT2D eigenvalue weighted by atomic mass is 10.3. The van der Waals surface area contributed by atoms with E-state index < -0.39 is 0 Å². The van der Waals surface area contributed by atoms with Gasteiger partial charge in [0.25, 0.3) is 0 Å². The van der Waals surface area contributed by atoms with Gasteiger partial charge in [0.1, 0.15) is 0 Å². The van der Waals surface area contributed by atoms with Crippen LogP contribution in [0.15, 0.2) is 0 Å². The summed E-state index contributed by atoms with van der Waals surface area (Å²) in [6.45, 7) is 7.35. The van der Waals surface area contributed by atoms with Crippen molar-refractivity contribution in [1.82, 2.24) is 10.2 Å². The number of aliphatic hydroxyl groups is 1. The maximum Gasteiger partial charge on any atom is 0.0679 e. The molecule has 0 saturated carbocycles. The lowest BCUT2D eigenvalue weighted by molar-refractivity contribution is 0.176. The molecule has 1 heterocycles. The van der Waals surface area contributed by atoms with Crippen LogP contribution in [0, 0.1) is 0 Å². The number of hydrogen-bond donors (Lipinski definition) is 2. The van der Waals surface area contributed by atoms with Gasteiger partial charge >= 0.3 is 0 Å². The molecule has 0 radical (unpaired) electrons. The predicted molar refractivity (Wildman–Crippen MR) is 50.2 cm³/mol. The Morgan fingerprint density at radius 1 is 1.50 bits per heavy atom. The Hall–Kier alpha value is -0.120. The molecule has 72 valence electrons. The lowest BCUT2D eigenvalue weighted by Crippen LogP contribution is -2.31. The van der Waals surface area contributed by atoms with E-state index in [9.17, 15) is 5.11 Å². The summed E-state index contributed by atoms with van der Waals surface area (Å²) in [7, 11) is 0. The maximum absolute atomic E-state index is 9.24. The highest BCUT2D eigenvalue weighted by Gasteiger charge is 2.18. The van der Waals surface area contributed by atoms with Crippen molar-refractivity contribution in [3.63, 3.8) is 0 Å². The molecule has 1 aliphatic rings. The summed E-state index contributed by atoms with van der Waals surface area (Å²) in [4.78, 5) is 2.31. The molecule has 12 heavy (non-hydrogen) atoms. The molecule has 0 aromatic rings. The van der Waals surface area contributed by atoms with E-state index in [1.807, 2.05) is 0 Å². The molecule has 3 nitrogen and oxygen atoms in total. The highest BCUT2D eigenvalue weighted by molar-refractivity contribution is 4.74. The summed E-state index contributed by atoms with van der Waals surface area (Å²) in [6, 6.07) is 0. The lowest BCUT2D eigenvalue weighted by Gasteiger charge is -2.14. The first-order chi connectivity index (χ1) is 5.83. The number of likely N-dealkylation sites (tertiary alicyclic amines) is 1. The molecular weight excluding hydrogens is 152 g/mol. The molecule has 1 aliphatic heterocycles. The van der Waals surface area contributed by atoms with Crippen LogP contribution in [0.2, 0.25) is 0 Å². The van der Waals surface area contributed by atoms with Crippen molar-refractivity contribution < 1.29 is 5.11 Å². The van der Waals surface area contributed by atoms with Gasteiger partial charge in [-0.1, -0.05) is 6.92 Å². The second-order valence-electron chi connectivity index (χ2n) is 3.49. The molecule has 1 atom stereocenters. The minimum atomic E-state index is -0.0730. The van der Waals surface area contributed by atoms with E-state index in [0.717, 1.165) is 39.1 Å². The SMILES string of the molecule is CCCNCCN1CCC(O)C1. The molecular formula is C9H20N2O. The van der Waals surface area contributed by atoms with E-state index >= 15 is 0 Å². The highest BCUT2D eigenvalue weighted by Crippen LogP contribution is 2.06. The van der Waals surface area contributed by atoms with Crippen LogP contribution in [-0.4, -0.2) is 48.8 Å². The minimum absolute atomic E-state index is 0.0730. The Kier molecular flexibility index (Phi) is 4.58. The smallest absolute Gasteiger partial charge is 0.0679 e. The second-order valence-corrected chi connectivity index (χ2v) is 3.49. The first-order valence-corrected chi connectivity index (χ1v) is 4.94. The molecule has 0 aromatic heterocycles. The van der Waals surface area contributed by atoms with E-state index in [1.165, 1.54) is 6.42 Å². The normalized spacial score (nSPS) is 25.0. The van der Waals surface area contributed by atoms with Crippen molar-refractivity contribution >= 4 is 0 Å². The summed E-state index contributed by atoms with van der Waals surface area (Å²) in [5.41, 5.74) is 0. The van der Waals surface area contributed by atoms with Crippen LogP contribution in [-0.2, 0) is 0 Å².